The Morgan fingerprint density at radius 3 is 2.67 bits per heavy atom. The molecule has 0 aromatic heterocycles. The Morgan fingerprint density at radius 1 is 1.10 bits per heavy atom. The van der Waals surface area contributed by atoms with E-state index in [9.17, 15) is 4.79 Å². The second-order valence-corrected chi connectivity index (χ2v) is 6.49. The van der Waals surface area contributed by atoms with Crippen LogP contribution < -0.4 is 5.32 Å². The van der Waals surface area contributed by atoms with Gasteiger partial charge in [-0.3, -0.25) is 4.79 Å². The van der Waals surface area contributed by atoms with Crippen LogP contribution in [0.1, 0.15) is 16.8 Å². The van der Waals surface area contributed by atoms with E-state index in [0.29, 0.717) is 6.42 Å². The Morgan fingerprint density at radius 2 is 1.86 bits per heavy atom. The van der Waals surface area contributed by atoms with Gasteiger partial charge < -0.3 is 10.2 Å². The Kier molecular flexibility index (Phi) is 3.99. The summed E-state index contributed by atoms with van der Waals surface area (Å²) in [6.07, 6.45) is 0.551. The summed E-state index contributed by atoms with van der Waals surface area (Å²) in [6.45, 7) is 0.779. The fourth-order valence-corrected chi connectivity index (χ4v) is 3.25. The Balaban J connectivity index is 1.82. The van der Waals surface area contributed by atoms with E-state index in [0.717, 1.165) is 28.4 Å². The van der Waals surface area contributed by atoms with Gasteiger partial charge in [-0.25, -0.2) is 0 Å². The van der Waals surface area contributed by atoms with Gasteiger partial charge in [-0.15, -0.1) is 0 Å². The minimum Gasteiger partial charge on any atom is -0.354 e. The first-order valence-corrected chi connectivity index (χ1v) is 7.81. The normalized spacial score (nSPS) is 12.5. The maximum absolute atomic E-state index is 12.2. The molecule has 0 saturated heterocycles. The van der Waals surface area contributed by atoms with Gasteiger partial charge in [0.25, 0.3) is 0 Å². The number of carbonyl (C=O) groups is 1. The van der Waals surface area contributed by atoms with E-state index < -0.39 is 0 Å². The Labute approximate surface area is 129 Å². The lowest BCUT2D eigenvalue weighted by Crippen LogP contribution is -2.16. The van der Waals surface area contributed by atoms with Gasteiger partial charge in [0.2, 0.25) is 0 Å². The van der Waals surface area contributed by atoms with Crippen molar-refractivity contribution in [2.75, 3.05) is 26.0 Å². The third-order valence-electron chi connectivity index (χ3n) is 3.46. The van der Waals surface area contributed by atoms with Crippen LogP contribution in [-0.4, -0.2) is 31.3 Å². The minimum atomic E-state index is 0.192. The molecule has 0 amide bonds. The molecule has 108 valence electrons. The summed E-state index contributed by atoms with van der Waals surface area (Å²) in [5.74, 6) is 0.192. The van der Waals surface area contributed by atoms with Crippen LogP contribution >= 0.6 is 11.8 Å². The number of rotatable bonds is 4. The molecule has 0 spiro atoms. The first kappa shape index (κ1) is 14.2. The first-order chi connectivity index (χ1) is 10.1. The number of fused-ring (bicyclic) bond motifs is 2. The van der Waals surface area contributed by atoms with E-state index in [-0.39, 0.29) is 5.78 Å². The molecule has 0 atom stereocenters. The third-order valence-corrected chi connectivity index (χ3v) is 4.62. The summed E-state index contributed by atoms with van der Waals surface area (Å²) in [7, 11) is 3.96. The van der Waals surface area contributed by atoms with Crippen molar-refractivity contribution >= 4 is 28.9 Å². The summed E-state index contributed by atoms with van der Waals surface area (Å²) in [6, 6.07) is 14.2. The fourth-order valence-electron chi connectivity index (χ4n) is 2.28. The number of hydrogen-bond acceptors (Lipinski definition) is 4. The zero-order chi connectivity index (χ0) is 14.8. The van der Waals surface area contributed by atoms with Gasteiger partial charge in [-0.2, -0.15) is 0 Å². The van der Waals surface area contributed by atoms with Crippen molar-refractivity contribution in [2.45, 2.75) is 16.2 Å². The van der Waals surface area contributed by atoms with Crippen LogP contribution in [-0.2, 0) is 0 Å². The fraction of sp³-hybridized carbons (Fsp3) is 0.235. The molecule has 1 aliphatic rings. The molecule has 0 aliphatic carbocycles. The van der Waals surface area contributed by atoms with Crippen molar-refractivity contribution in [1.82, 2.24) is 4.90 Å². The number of nitrogens with one attached hydrogen (secondary N) is 1. The van der Waals surface area contributed by atoms with Crippen LogP contribution in [0.15, 0.2) is 52.3 Å². The molecule has 0 unspecified atom stereocenters. The van der Waals surface area contributed by atoms with Crippen molar-refractivity contribution in [3.8, 4) is 0 Å². The standard InChI is InChI=1S/C17H18N2OS/c1-19(2)10-9-15(20)12-7-8-17-14(11-12)18-13-5-3-4-6-16(13)21-17/h3-8,11,18H,9-10H2,1-2H3. The predicted molar refractivity (Wildman–Crippen MR) is 87.8 cm³/mol. The van der Waals surface area contributed by atoms with Crippen LogP contribution in [0, 0.1) is 0 Å². The number of hydrogen-bond donors (Lipinski definition) is 1. The first-order valence-electron chi connectivity index (χ1n) is 6.99. The quantitative estimate of drug-likeness (QED) is 0.737. The lowest BCUT2D eigenvalue weighted by Gasteiger charge is -2.21. The van der Waals surface area contributed by atoms with Crippen LogP contribution in [0.5, 0.6) is 0 Å². The van der Waals surface area contributed by atoms with Gasteiger partial charge in [-0.05, 0) is 38.4 Å². The van der Waals surface area contributed by atoms with Crippen LogP contribution in [0.2, 0.25) is 0 Å². The maximum atomic E-state index is 12.2. The van der Waals surface area contributed by atoms with Crippen molar-refractivity contribution in [2.24, 2.45) is 0 Å². The number of nitrogens with zero attached hydrogens (tertiary/aromatic N) is 1. The molecule has 2 aromatic carbocycles. The van der Waals surface area contributed by atoms with Gasteiger partial charge in [0.15, 0.2) is 5.78 Å². The SMILES string of the molecule is CN(C)CCC(=O)c1ccc2c(c1)Nc1ccccc1S2. The van der Waals surface area contributed by atoms with E-state index in [2.05, 4.69) is 17.4 Å². The topological polar surface area (TPSA) is 32.3 Å². The van der Waals surface area contributed by atoms with Crippen LogP contribution in [0.25, 0.3) is 0 Å². The average molecular weight is 298 g/mol. The summed E-state index contributed by atoms with van der Waals surface area (Å²) in [5, 5.41) is 3.42. The zero-order valence-electron chi connectivity index (χ0n) is 12.2. The van der Waals surface area contributed by atoms with Crippen molar-refractivity contribution in [3.05, 3.63) is 48.0 Å². The van der Waals surface area contributed by atoms with E-state index in [1.54, 1.807) is 11.8 Å². The Hall–Kier alpha value is -1.78. The van der Waals surface area contributed by atoms with E-state index in [4.69, 9.17) is 0 Å². The lowest BCUT2D eigenvalue weighted by molar-refractivity contribution is 0.0972. The molecule has 21 heavy (non-hydrogen) atoms. The summed E-state index contributed by atoms with van der Waals surface area (Å²) in [4.78, 5) is 16.6. The predicted octanol–water partition coefficient (Wildman–Crippen LogP) is 4.03. The number of anilines is 2. The summed E-state index contributed by atoms with van der Waals surface area (Å²) >= 11 is 1.74. The number of carbonyl (C=O) groups excluding carboxylic acids is 1. The highest BCUT2D eigenvalue weighted by molar-refractivity contribution is 7.99. The van der Waals surface area contributed by atoms with Crippen molar-refractivity contribution < 1.29 is 4.79 Å². The molecule has 3 rings (SSSR count). The molecule has 3 nitrogen and oxygen atoms in total. The molecule has 0 fully saturated rings. The molecular formula is C17H18N2OS. The van der Waals surface area contributed by atoms with Gasteiger partial charge in [0.1, 0.15) is 0 Å². The number of Topliss-reactive ketones (excluding diaryl/α,β-unsaturated/α-hetero) is 1. The van der Waals surface area contributed by atoms with Gasteiger partial charge in [0.05, 0.1) is 11.4 Å². The number of para-hydroxylation sites is 1. The van der Waals surface area contributed by atoms with Gasteiger partial charge in [0, 0.05) is 28.3 Å². The molecule has 0 bridgehead atoms. The second kappa shape index (κ2) is 5.92. The second-order valence-electron chi connectivity index (χ2n) is 5.41. The smallest absolute Gasteiger partial charge is 0.164 e. The highest BCUT2D eigenvalue weighted by atomic mass is 32.2. The average Bonchev–Trinajstić information content (AvgIpc) is 2.50. The third kappa shape index (κ3) is 3.12. The molecular weight excluding hydrogens is 280 g/mol. The van der Waals surface area contributed by atoms with Crippen LogP contribution in [0.4, 0.5) is 11.4 Å². The summed E-state index contributed by atoms with van der Waals surface area (Å²) in [5.41, 5.74) is 2.91. The van der Waals surface area contributed by atoms with E-state index >= 15 is 0 Å². The minimum absolute atomic E-state index is 0.192. The van der Waals surface area contributed by atoms with E-state index in [1.807, 2.05) is 49.3 Å². The van der Waals surface area contributed by atoms with Crippen molar-refractivity contribution in [3.63, 3.8) is 0 Å². The van der Waals surface area contributed by atoms with Crippen LogP contribution in [0.3, 0.4) is 0 Å². The molecule has 2 aromatic rings. The molecule has 1 aliphatic heterocycles. The van der Waals surface area contributed by atoms with Crippen molar-refractivity contribution in [1.29, 1.82) is 0 Å². The highest BCUT2D eigenvalue weighted by Gasteiger charge is 2.17. The summed E-state index contributed by atoms with van der Waals surface area (Å²) < 4.78 is 0. The molecule has 1 N–H and O–H groups in total. The lowest BCUT2D eigenvalue weighted by atomic mass is 10.1. The zero-order valence-corrected chi connectivity index (χ0v) is 13.0. The molecule has 0 radical (unpaired) electrons. The van der Waals surface area contributed by atoms with E-state index in [1.165, 1.54) is 4.90 Å². The Bertz CT molecular complexity index is 682. The van der Waals surface area contributed by atoms with Gasteiger partial charge >= 0.3 is 0 Å². The monoisotopic (exact) mass is 298 g/mol. The highest BCUT2D eigenvalue weighted by Crippen LogP contribution is 2.44. The molecule has 1 heterocycles. The largest absolute Gasteiger partial charge is 0.354 e. The molecule has 0 saturated carbocycles. The maximum Gasteiger partial charge on any atom is 0.164 e. The molecule has 4 heteroatoms. The number of ketones is 1. The van der Waals surface area contributed by atoms with Gasteiger partial charge in [-0.1, -0.05) is 30.0 Å². The number of benzene rings is 2.